The Balaban J connectivity index is 2.28. The van der Waals surface area contributed by atoms with E-state index in [0.29, 0.717) is 6.61 Å². The Bertz CT molecular complexity index is 557. The predicted octanol–water partition coefficient (Wildman–Crippen LogP) is 5.32. The van der Waals surface area contributed by atoms with Crippen LogP contribution in [0.25, 0.3) is 0 Å². The molecule has 0 fully saturated rings. The van der Waals surface area contributed by atoms with Crippen molar-refractivity contribution in [1.82, 2.24) is 0 Å². The quantitative estimate of drug-likeness (QED) is 0.683. The lowest BCUT2D eigenvalue weighted by atomic mass is 10.0. The highest BCUT2D eigenvalue weighted by atomic mass is 79.9. The lowest BCUT2D eigenvalue weighted by Crippen LogP contribution is -1.97. The van der Waals surface area contributed by atoms with Gasteiger partial charge in [0.2, 0.25) is 0 Å². The van der Waals surface area contributed by atoms with Crippen LogP contribution in [0.5, 0.6) is 5.75 Å². The van der Waals surface area contributed by atoms with Gasteiger partial charge in [-0.05, 0) is 42.3 Å². The third-order valence-corrected chi connectivity index (χ3v) is 3.89. The summed E-state index contributed by atoms with van der Waals surface area (Å²) < 4.78 is 19.2. The molecule has 19 heavy (non-hydrogen) atoms. The van der Waals surface area contributed by atoms with E-state index >= 15 is 0 Å². The first-order chi connectivity index (χ1) is 9.11. The topological polar surface area (TPSA) is 9.23 Å². The van der Waals surface area contributed by atoms with Gasteiger partial charge >= 0.3 is 0 Å². The SMILES string of the molecule is CCOc1ccc(C(Cl)c2ccc(F)cc2)c(Br)c1. The van der Waals surface area contributed by atoms with E-state index < -0.39 is 0 Å². The van der Waals surface area contributed by atoms with Gasteiger partial charge in [0.25, 0.3) is 0 Å². The maximum Gasteiger partial charge on any atom is 0.123 e. The molecule has 0 aliphatic carbocycles. The largest absolute Gasteiger partial charge is 0.494 e. The van der Waals surface area contributed by atoms with E-state index in [2.05, 4.69) is 15.9 Å². The smallest absolute Gasteiger partial charge is 0.123 e. The Morgan fingerprint density at radius 3 is 2.47 bits per heavy atom. The van der Waals surface area contributed by atoms with Crippen molar-refractivity contribution >= 4 is 27.5 Å². The second-order valence-electron chi connectivity index (χ2n) is 4.03. The Hall–Kier alpha value is -1.06. The van der Waals surface area contributed by atoms with Gasteiger partial charge in [0, 0.05) is 4.47 Å². The maximum atomic E-state index is 12.9. The third-order valence-electron chi connectivity index (χ3n) is 2.72. The molecule has 100 valence electrons. The summed E-state index contributed by atoms with van der Waals surface area (Å²) in [4.78, 5) is 0. The van der Waals surface area contributed by atoms with Gasteiger partial charge < -0.3 is 4.74 Å². The molecule has 0 N–H and O–H groups in total. The molecule has 1 nitrogen and oxygen atoms in total. The lowest BCUT2D eigenvalue weighted by Gasteiger charge is -2.13. The van der Waals surface area contributed by atoms with E-state index in [1.54, 1.807) is 12.1 Å². The fraction of sp³-hybridized carbons (Fsp3) is 0.200. The summed E-state index contributed by atoms with van der Waals surface area (Å²) in [6.07, 6.45) is 0. The molecule has 2 aromatic rings. The minimum Gasteiger partial charge on any atom is -0.494 e. The second kappa shape index (κ2) is 6.40. The van der Waals surface area contributed by atoms with Gasteiger partial charge in [0.15, 0.2) is 0 Å². The molecule has 2 aromatic carbocycles. The summed E-state index contributed by atoms with van der Waals surface area (Å²) in [6, 6.07) is 11.9. The number of rotatable bonds is 4. The van der Waals surface area contributed by atoms with Crippen LogP contribution in [0.1, 0.15) is 23.4 Å². The number of ether oxygens (including phenoxy) is 1. The fourth-order valence-electron chi connectivity index (χ4n) is 1.78. The molecular formula is C15H13BrClFO. The molecule has 0 saturated carbocycles. The number of benzene rings is 2. The van der Waals surface area contributed by atoms with Gasteiger partial charge in [-0.25, -0.2) is 4.39 Å². The first kappa shape index (κ1) is 14.4. The molecular weight excluding hydrogens is 331 g/mol. The standard InChI is InChI=1S/C15H13BrClFO/c1-2-19-12-7-8-13(14(16)9-12)15(17)10-3-5-11(18)6-4-10/h3-9,15H,2H2,1H3. The predicted molar refractivity (Wildman–Crippen MR) is 79.4 cm³/mol. The summed E-state index contributed by atoms with van der Waals surface area (Å²) >= 11 is 9.92. The molecule has 0 amide bonds. The monoisotopic (exact) mass is 342 g/mol. The summed E-state index contributed by atoms with van der Waals surface area (Å²) in [7, 11) is 0. The van der Waals surface area contributed by atoms with E-state index in [1.165, 1.54) is 12.1 Å². The van der Waals surface area contributed by atoms with Crippen molar-refractivity contribution < 1.29 is 9.13 Å². The van der Waals surface area contributed by atoms with Crippen molar-refractivity contribution in [1.29, 1.82) is 0 Å². The van der Waals surface area contributed by atoms with Crippen LogP contribution in [0.4, 0.5) is 4.39 Å². The lowest BCUT2D eigenvalue weighted by molar-refractivity contribution is 0.340. The van der Waals surface area contributed by atoms with Crippen LogP contribution in [0, 0.1) is 5.82 Å². The number of alkyl halides is 1. The van der Waals surface area contributed by atoms with Crippen molar-refractivity contribution in [2.75, 3.05) is 6.61 Å². The van der Waals surface area contributed by atoms with Crippen molar-refractivity contribution in [3.05, 3.63) is 63.9 Å². The molecule has 0 radical (unpaired) electrons. The van der Waals surface area contributed by atoms with E-state index in [4.69, 9.17) is 16.3 Å². The second-order valence-corrected chi connectivity index (χ2v) is 5.32. The maximum absolute atomic E-state index is 12.9. The van der Waals surface area contributed by atoms with E-state index in [0.717, 1.165) is 21.3 Å². The third kappa shape index (κ3) is 3.48. The van der Waals surface area contributed by atoms with Crippen LogP contribution < -0.4 is 4.74 Å². The van der Waals surface area contributed by atoms with Crippen molar-refractivity contribution in [3.63, 3.8) is 0 Å². The zero-order valence-corrected chi connectivity index (χ0v) is 12.7. The summed E-state index contributed by atoms with van der Waals surface area (Å²) in [6.45, 7) is 2.55. The Labute approximate surface area is 125 Å². The molecule has 1 atom stereocenters. The molecule has 0 heterocycles. The average molecular weight is 344 g/mol. The van der Waals surface area contributed by atoms with Gasteiger partial charge in [-0.2, -0.15) is 0 Å². The summed E-state index contributed by atoms with van der Waals surface area (Å²) in [5.74, 6) is 0.527. The van der Waals surface area contributed by atoms with Gasteiger partial charge in [-0.3, -0.25) is 0 Å². The number of hydrogen-bond acceptors (Lipinski definition) is 1. The Morgan fingerprint density at radius 2 is 1.89 bits per heavy atom. The van der Waals surface area contributed by atoms with Gasteiger partial charge in [-0.15, -0.1) is 11.6 Å². The summed E-state index contributed by atoms with van der Waals surface area (Å²) in [5.41, 5.74) is 1.78. The van der Waals surface area contributed by atoms with Gasteiger partial charge in [-0.1, -0.05) is 34.1 Å². The molecule has 4 heteroatoms. The first-order valence-electron chi connectivity index (χ1n) is 5.93. The zero-order valence-electron chi connectivity index (χ0n) is 10.4. The van der Waals surface area contributed by atoms with Crippen LogP contribution >= 0.6 is 27.5 Å². The molecule has 0 saturated heterocycles. The number of hydrogen-bond donors (Lipinski definition) is 0. The van der Waals surface area contributed by atoms with Crippen LogP contribution in [-0.2, 0) is 0 Å². The number of halogens is 3. The van der Waals surface area contributed by atoms with Crippen LogP contribution in [0.15, 0.2) is 46.9 Å². The molecule has 0 aromatic heterocycles. The summed E-state index contributed by atoms with van der Waals surface area (Å²) in [5, 5.41) is -0.328. The molecule has 1 unspecified atom stereocenters. The van der Waals surface area contributed by atoms with E-state index in [-0.39, 0.29) is 11.2 Å². The average Bonchev–Trinajstić information content (AvgIpc) is 2.39. The highest BCUT2D eigenvalue weighted by molar-refractivity contribution is 9.10. The van der Waals surface area contributed by atoms with E-state index in [9.17, 15) is 4.39 Å². The van der Waals surface area contributed by atoms with Gasteiger partial charge in [0.1, 0.15) is 11.6 Å². The first-order valence-corrected chi connectivity index (χ1v) is 7.16. The van der Waals surface area contributed by atoms with Crippen LogP contribution in [0.2, 0.25) is 0 Å². The van der Waals surface area contributed by atoms with Crippen molar-refractivity contribution in [2.45, 2.75) is 12.3 Å². The minimum absolute atomic E-state index is 0.265. The zero-order chi connectivity index (χ0) is 13.8. The van der Waals surface area contributed by atoms with E-state index in [1.807, 2.05) is 25.1 Å². The van der Waals surface area contributed by atoms with Gasteiger partial charge in [0.05, 0.1) is 12.0 Å². The van der Waals surface area contributed by atoms with Crippen LogP contribution in [0.3, 0.4) is 0 Å². The molecule has 0 aliphatic rings. The highest BCUT2D eigenvalue weighted by Gasteiger charge is 2.14. The highest BCUT2D eigenvalue weighted by Crippen LogP contribution is 2.35. The van der Waals surface area contributed by atoms with Crippen LogP contribution in [-0.4, -0.2) is 6.61 Å². The molecule has 0 bridgehead atoms. The van der Waals surface area contributed by atoms with Crippen molar-refractivity contribution in [3.8, 4) is 5.75 Å². The normalized spacial score (nSPS) is 12.2. The Morgan fingerprint density at radius 1 is 1.21 bits per heavy atom. The fourth-order valence-corrected chi connectivity index (χ4v) is 2.84. The molecule has 2 rings (SSSR count). The minimum atomic E-state index is -0.328. The van der Waals surface area contributed by atoms with Crippen molar-refractivity contribution in [2.24, 2.45) is 0 Å². The Kier molecular flexibility index (Phi) is 4.83. The molecule has 0 spiro atoms. The molecule has 0 aliphatic heterocycles.